The van der Waals surface area contributed by atoms with Crippen LogP contribution in [0.1, 0.15) is 13.8 Å². The molecule has 0 radical (unpaired) electrons. The van der Waals surface area contributed by atoms with Crippen molar-refractivity contribution >= 4 is 11.8 Å². The molecule has 4 N–H and O–H groups in total. The number of nitrogens with zero attached hydrogens (tertiary/aromatic N) is 1. The number of amides is 2. The van der Waals surface area contributed by atoms with Gasteiger partial charge in [0.15, 0.2) is 6.29 Å². The molecule has 0 bridgehead atoms. The van der Waals surface area contributed by atoms with E-state index in [2.05, 4.69) is 0 Å². The smallest absolute Gasteiger partial charge is 0.226 e. The minimum Gasteiger partial charge on any atom is -0.394 e. The first kappa shape index (κ1) is 15.0. The fourth-order valence-corrected chi connectivity index (χ4v) is 2.04. The minimum absolute atomic E-state index is 0.622. The topological polar surface area (TPSA) is 128 Å². The van der Waals surface area contributed by atoms with Crippen molar-refractivity contribution in [3.8, 4) is 0 Å². The largest absolute Gasteiger partial charge is 0.394 e. The lowest BCUT2D eigenvalue weighted by Crippen LogP contribution is -2.66. The molecular weight excluding hydrogens is 246 g/mol. The Morgan fingerprint density at radius 1 is 1.11 bits per heavy atom. The average molecular weight is 263 g/mol. The Bertz CT molecular complexity index is 318. The third-order valence-electron chi connectivity index (χ3n) is 2.84. The summed E-state index contributed by atoms with van der Waals surface area (Å²) in [6.07, 6.45) is -6.11. The predicted molar refractivity (Wildman–Crippen MR) is 57.0 cm³/mol. The van der Waals surface area contributed by atoms with Crippen LogP contribution in [0.15, 0.2) is 0 Å². The number of carbonyl (C=O) groups excluding carboxylic acids is 2. The molecule has 1 unspecified atom stereocenters. The summed E-state index contributed by atoms with van der Waals surface area (Å²) in [5.74, 6) is -1.31. The van der Waals surface area contributed by atoms with Crippen molar-refractivity contribution in [3.05, 3.63) is 0 Å². The van der Waals surface area contributed by atoms with Gasteiger partial charge in [0, 0.05) is 13.8 Å². The van der Waals surface area contributed by atoms with Crippen LogP contribution in [0.2, 0.25) is 0 Å². The molecule has 104 valence electrons. The first-order valence-corrected chi connectivity index (χ1v) is 5.42. The fraction of sp³-hybridized carbons (Fsp3) is 0.800. The number of rotatable bonds is 2. The summed E-state index contributed by atoms with van der Waals surface area (Å²) in [5, 5.41) is 37.7. The van der Waals surface area contributed by atoms with Crippen LogP contribution >= 0.6 is 0 Å². The summed E-state index contributed by atoms with van der Waals surface area (Å²) in [7, 11) is 0. The highest BCUT2D eigenvalue weighted by Crippen LogP contribution is 2.24. The summed E-state index contributed by atoms with van der Waals surface area (Å²) in [6.45, 7) is 1.60. The van der Waals surface area contributed by atoms with Gasteiger partial charge in [-0.2, -0.15) is 0 Å². The van der Waals surface area contributed by atoms with E-state index in [1.165, 1.54) is 0 Å². The maximum atomic E-state index is 11.4. The number of carbonyl (C=O) groups is 2. The second kappa shape index (κ2) is 5.72. The molecule has 18 heavy (non-hydrogen) atoms. The van der Waals surface area contributed by atoms with E-state index in [-0.39, 0.29) is 0 Å². The zero-order chi connectivity index (χ0) is 14.0. The molecule has 0 spiro atoms. The number of hydrogen-bond acceptors (Lipinski definition) is 7. The van der Waals surface area contributed by atoms with Crippen molar-refractivity contribution in [2.45, 2.75) is 44.5 Å². The summed E-state index contributed by atoms with van der Waals surface area (Å²) >= 11 is 0. The summed E-state index contributed by atoms with van der Waals surface area (Å²) < 4.78 is 4.86. The number of aliphatic hydroxyl groups excluding tert-OH is 4. The van der Waals surface area contributed by atoms with Gasteiger partial charge in [0.1, 0.15) is 18.3 Å². The molecule has 5 atom stereocenters. The van der Waals surface area contributed by atoms with Gasteiger partial charge in [-0.05, 0) is 0 Å². The molecule has 8 nitrogen and oxygen atoms in total. The highest BCUT2D eigenvalue weighted by Gasteiger charge is 2.48. The van der Waals surface area contributed by atoms with E-state index in [1.807, 2.05) is 0 Å². The average Bonchev–Trinajstić information content (AvgIpc) is 2.28. The Morgan fingerprint density at radius 2 is 1.61 bits per heavy atom. The number of imide groups is 1. The molecule has 0 aromatic heterocycles. The zero-order valence-electron chi connectivity index (χ0n) is 10.1. The van der Waals surface area contributed by atoms with Gasteiger partial charge in [-0.3, -0.25) is 14.5 Å². The maximum absolute atomic E-state index is 11.4. The SMILES string of the molecule is CC(=O)N(C(C)=O)[C@H]1[C@H](O)[C@H](O)C(O)O[C@@H]1CO. The lowest BCUT2D eigenvalue weighted by atomic mass is 9.94. The molecule has 1 fully saturated rings. The summed E-state index contributed by atoms with van der Waals surface area (Å²) in [4.78, 5) is 23.5. The van der Waals surface area contributed by atoms with Crippen LogP contribution in [0, 0.1) is 0 Å². The molecule has 1 aliphatic heterocycles. The van der Waals surface area contributed by atoms with Gasteiger partial charge in [-0.25, -0.2) is 0 Å². The molecule has 2 amide bonds. The summed E-state index contributed by atoms with van der Waals surface area (Å²) in [6, 6.07) is -1.25. The molecule has 1 aliphatic rings. The number of aliphatic hydroxyl groups is 4. The third-order valence-corrected chi connectivity index (χ3v) is 2.84. The zero-order valence-corrected chi connectivity index (χ0v) is 10.1. The van der Waals surface area contributed by atoms with E-state index in [1.54, 1.807) is 0 Å². The monoisotopic (exact) mass is 263 g/mol. The van der Waals surface area contributed by atoms with Crippen molar-refractivity contribution in [1.29, 1.82) is 0 Å². The molecule has 1 rings (SSSR count). The third kappa shape index (κ3) is 2.68. The van der Waals surface area contributed by atoms with Crippen molar-refractivity contribution in [3.63, 3.8) is 0 Å². The Balaban J connectivity index is 3.07. The molecule has 8 heteroatoms. The van der Waals surface area contributed by atoms with Crippen LogP contribution in [0.3, 0.4) is 0 Å². The molecule has 0 aromatic rings. The van der Waals surface area contributed by atoms with Crippen molar-refractivity contribution < 1.29 is 34.8 Å². The van der Waals surface area contributed by atoms with Gasteiger partial charge < -0.3 is 25.2 Å². The highest BCUT2D eigenvalue weighted by atomic mass is 16.6. The van der Waals surface area contributed by atoms with E-state index in [0.29, 0.717) is 4.90 Å². The van der Waals surface area contributed by atoms with Gasteiger partial charge in [0.25, 0.3) is 0 Å². The standard InChI is InChI=1S/C10H17NO7/c1-4(13)11(5(2)14)7-6(3-12)18-10(17)9(16)8(7)15/h6-10,12,15-17H,3H2,1-2H3/t6-,7-,8+,9+,10?/m1/s1. The van der Waals surface area contributed by atoms with Gasteiger partial charge in [-0.15, -0.1) is 0 Å². The fourth-order valence-electron chi connectivity index (χ4n) is 2.04. The lowest BCUT2D eigenvalue weighted by Gasteiger charge is -2.44. The van der Waals surface area contributed by atoms with E-state index in [9.17, 15) is 24.9 Å². The van der Waals surface area contributed by atoms with Crippen LogP contribution in [0.25, 0.3) is 0 Å². The molecule has 0 saturated carbocycles. The van der Waals surface area contributed by atoms with Crippen molar-refractivity contribution in [2.75, 3.05) is 6.61 Å². The predicted octanol–water partition coefficient (Wildman–Crippen LogP) is -2.82. The van der Waals surface area contributed by atoms with Gasteiger partial charge in [-0.1, -0.05) is 0 Å². The van der Waals surface area contributed by atoms with Crippen LogP contribution in [0.4, 0.5) is 0 Å². The van der Waals surface area contributed by atoms with Gasteiger partial charge in [0.05, 0.1) is 12.6 Å². The Morgan fingerprint density at radius 3 is 2.00 bits per heavy atom. The lowest BCUT2D eigenvalue weighted by molar-refractivity contribution is -0.272. The molecule has 1 saturated heterocycles. The van der Waals surface area contributed by atoms with Gasteiger partial charge in [0.2, 0.25) is 11.8 Å². The quantitative estimate of drug-likeness (QED) is 0.423. The first-order valence-electron chi connectivity index (χ1n) is 5.42. The normalized spacial score (nSPS) is 36.2. The molecule has 0 aromatic carbocycles. The maximum Gasteiger partial charge on any atom is 0.226 e. The van der Waals surface area contributed by atoms with Crippen LogP contribution in [-0.2, 0) is 14.3 Å². The van der Waals surface area contributed by atoms with E-state index >= 15 is 0 Å². The molecular formula is C10H17NO7. The Hall–Kier alpha value is -1.06. The van der Waals surface area contributed by atoms with Crippen LogP contribution in [-0.4, -0.2) is 74.4 Å². The molecule has 1 heterocycles. The van der Waals surface area contributed by atoms with Crippen LogP contribution in [0.5, 0.6) is 0 Å². The number of hydrogen-bond donors (Lipinski definition) is 4. The highest BCUT2D eigenvalue weighted by molar-refractivity contribution is 5.93. The van der Waals surface area contributed by atoms with E-state index < -0.39 is 49.1 Å². The first-order chi connectivity index (χ1) is 8.31. The second-order valence-corrected chi connectivity index (χ2v) is 4.13. The number of ether oxygens (including phenoxy) is 1. The van der Waals surface area contributed by atoms with E-state index in [4.69, 9.17) is 9.84 Å². The summed E-state index contributed by atoms with van der Waals surface area (Å²) in [5.41, 5.74) is 0. The Kier molecular flexibility index (Phi) is 4.77. The Labute approximate surface area is 103 Å². The minimum atomic E-state index is -1.69. The van der Waals surface area contributed by atoms with Crippen molar-refractivity contribution in [2.24, 2.45) is 0 Å². The van der Waals surface area contributed by atoms with Crippen molar-refractivity contribution in [1.82, 2.24) is 4.90 Å². The van der Waals surface area contributed by atoms with Crippen LogP contribution < -0.4 is 0 Å². The second-order valence-electron chi connectivity index (χ2n) is 4.13. The van der Waals surface area contributed by atoms with Gasteiger partial charge >= 0.3 is 0 Å². The van der Waals surface area contributed by atoms with E-state index in [0.717, 1.165) is 13.8 Å². The molecule has 0 aliphatic carbocycles.